The van der Waals surface area contributed by atoms with Crippen molar-refractivity contribution in [1.82, 2.24) is 4.98 Å². The quantitative estimate of drug-likeness (QED) is 0.805. The van der Waals surface area contributed by atoms with Gasteiger partial charge in [-0.15, -0.1) is 0 Å². The number of carbonyl (C=O) groups excluding carboxylic acids is 1. The van der Waals surface area contributed by atoms with Gasteiger partial charge in [-0.3, -0.25) is 14.6 Å². The number of rotatable bonds is 4. The first kappa shape index (κ1) is 14.8. The maximum atomic E-state index is 12.0. The maximum Gasteiger partial charge on any atom is 0.309 e. The Labute approximate surface area is 125 Å². The van der Waals surface area contributed by atoms with Crippen LogP contribution in [0.2, 0.25) is 5.02 Å². The van der Waals surface area contributed by atoms with E-state index in [-0.39, 0.29) is 17.7 Å². The molecule has 3 N–H and O–H groups in total. The van der Waals surface area contributed by atoms with Gasteiger partial charge in [0.2, 0.25) is 0 Å². The fraction of sp³-hybridized carbons (Fsp3) is 0.0714. The lowest BCUT2D eigenvalue weighted by Gasteiger charge is -2.07. The van der Waals surface area contributed by atoms with E-state index in [4.69, 9.17) is 16.7 Å². The summed E-state index contributed by atoms with van der Waals surface area (Å²) in [6.07, 6.45) is 1.16. The van der Waals surface area contributed by atoms with Crippen LogP contribution in [0.4, 0.5) is 5.69 Å². The van der Waals surface area contributed by atoms with E-state index in [1.54, 1.807) is 0 Å². The predicted octanol–water partition coefficient (Wildman–Crippen LogP) is 2.32. The highest BCUT2D eigenvalue weighted by Crippen LogP contribution is 2.22. The predicted molar refractivity (Wildman–Crippen MR) is 76.6 cm³/mol. The lowest BCUT2D eigenvalue weighted by molar-refractivity contribution is -0.136. The number of anilines is 1. The van der Waals surface area contributed by atoms with Crippen LogP contribution in [0.5, 0.6) is 5.75 Å². The van der Waals surface area contributed by atoms with Gasteiger partial charge in [0.15, 0.2) is 0 Å². The summed E-state index contributed by atoms with van der Waals surface area (Å²) >= 11 is 5.69. The van der Waals surface area contributed by atoms with Gasteiger partial charge in [-0.05, 0) is 30.3 Å². The van der Waals surface area contributed by atoms with Crippen molar-refractivity contribution in [3.8, 4) is 5.75 Å². The number of halogens is 1. The second kappa shape index (κ2) is 6.23. The number of hydrogen-bond acceptors (Lipinski definition) is 4. The van der Waals surface area contributed by atoms with E-state index in [1.165, 1.54) is 36.5 Å². The average Bonchev–Trinajstić information content (AvgIpc) is 2.40. The van der Waals surface area contributed by atoms with Crippen LogP contribution in [-0.2, 0) is 11.2 Å². The van der Waals surface area contributed by atoms with Crippen LogP contribution in [0.3, 0.4) is 0 Å². The Morgan fingerprint density at radius 2 is 2.00 bits per heavy atom. The lowest BCUT2D eigenvalue weighted by Crippen LogP contribution is -2.12. The molecule has 1 amide bonds. The number of benzene rings is 1. The number of hydrogen-bond donors (Lipinski definition) is 3. The zero-order valence-electron chi connectivity index (χ0n) is 10.7. The Hall–Kier alpha value is -2.60. The van der Waals surface area contributed by atoms with Crippen molar-refractivity contribution < 1.29 is 19.8 Å². The van der Waals surface area contributed by atoms with Crippen LogP contribution in [0.25, 0.3) is 0 Å². The molecule has 0 saturated heterocycles. The first-order valence-electron chi connectivity index (χ1n) is 5.92. The Balaban J connectivity index is 2.10. The van der Waals surface area contributed by atoms with E-state index in [1.807, 2.05) is 0 Å². The molecule has 6 nitrogen and oxygen atoms in total. The number of carbonyl (C=O) groups is 2. The van der Waals surface area contributed by atoms with Crippen molar-refractivity contribution in [2.75, 3.05) is 5.32 Å². The molecule has 0 aliphatic heterocycles. The van der Waals surface area contributed by atoms with Crippen LogP contribution in [0.15, 0.2) is 36.5 Å². The molecule has 0 spiro atoms. The summed E-state index contributed by atoms with van der Waals surface area (Å²) in [5.41, 5.74) is 0.854. The van der Waals surface area contributed by atoms with Gasteiger partial charge < -0.3 is 15.5 Å². The number of carboxylic acids is 1. The molecule has 0 saturated carbocycles. The molecular weight excluding hydrogens is 296 g/mol. The third kappa shape index (κ3) is 3.93. The zero-order valence-corrected chi connectivity index (χ0v) is 11.5. The molecule has 21 heavy (non-hydrogen) atoms. The minimum absolute atomic E-state index is 0.0778. The van der Waals surface area contributed by atoms with Crippen LogP contribution < -0.4 is 5.32 Å². The summed E-state index contributed by atoms with van der Waals surface area (Å²) in [4.78, 5) is 26.4. The van der Waals surface area contributed by atoms with Crippen molar-refractivity contribution in [2.24, 2.45) is 0 Å². The number of aromatic hydroxyl groups is 1. The van der Waals surface area contributed by atoms with E-state index >= 15 is 0 Å². The van der Waals surface area contributed by atoms with Crippen molar-refractivity contribution in [2.45, 2.75) is 6.42 Å². The summed E-state index contributed by atoms with van der Waals surface area (Å²) < 4.78 is 0. The normalized spacial score (nSPS) is 10.1. The van der Waals surface area contributed by atoms with E-state index in [0.29, 0.717) is 16.4 Å². The smallest absolute Gasteiger partial charge is 0.309 e. The van der Waals surface area contributed by atoms with Gasteiger partial charge in [0.25, 0.3) is 5.91 Å². The van der Waals surface area contributed by atoms with E-state index in [9.17, 15) is 14.7 Å². The van der Waals surface area contributed by atoms with Crippen molar-refractivity contribution in [1.29, 1.82) is 0 Å². The molecule has 1 heterocycles. The van der Waals surface area contributed by atoms with Gasteiger partial charge >= 0.3 is 5.97 Å². The molecule has 0 unspecified atom stereocenters. The fourth-order valence-electron chi connectivity index (χ4n) is 1.65. The van der Waals surface area contributed by atoms with Gasteiger partial charge in [0.05, 0.1) is 29.6 Å². The minimum atomic E-state index is -0.981. The lowest BCUT2D eigenvalue weighted by atomic mass is 10.2. The van der Waals surface area contributed by atoms with Crippen LogP contribution in [-0.4, -0.2) is 27.1 Å². The first-order chi connectivity index (χ1) is 9.95. The molecule has 0 fully saturated rings. The van der Waals surface area contributed by atoms with E-state index in [2.05, 4.69) is 10.3 Å². The Bertz CT molecular complexity index is 686. The monoisotopic (exact) mass is 306 g/mol. The molecule has 2 aromatic rings. The maximum absolute atomic E-state index is 12.0. The van der Waals surface area contributed by atoms with Crippen LogP contribution in [0, 0.1) is 0 Å². The Morgan fingerprint density at radius 1 is 1.24 bits per heavy atom. The molecule has 7 heteroatoms. The molecule has 0 atom stereocenters. The summed E-state index contributed by atoms with van der Waals surface area (Å²) in [7, 11) is 0. The molecule has 0 bridgehead atoms. The van der Waals surface area contributed by atoms with Gasteiger partial charge in [-0.25, -0.2) is 0 Å². The standard InChI is InChI=1S/C14H11ClN2O4/c15-8-1-4-11(12(18)5-8)14(21)17-10-3-2-9(16-7-10)6-13(19)20/h1-5,7,18H,6H2,(H,17,21)(H,19,20). The van der Waals surface area contributed by atoms with E-state index in [0.717, 1.165) is 0 Å². The zero-order chi connectivity index (χ0) is 15.4. The second-order valence-electron chi connectivity index (χ2n) is 4.22. The van der Waals surface area contributed by atoms with Crippen molar-refractivity contribution >= 4 is 29.2 Å². The highest BCUT2D eigenvalue weighted by molar-refractivity contribution is 6.30. The minimum Gasteiger partial charge on any atom is -0.507 e. The average molecular weight is 307 g/mol. The van der Waals surface area contributed by atoms with Crippen molar-refractivity contribution in [3.05, 3.63) is 52.8 Å². The summed E-state index contributed by atoms with van der Waals surface area (Å²) in [6.45, 7) is 0. The third-order valence-corrected chi connectivity index (χ3v) is 2.85. The second-order valence-corrected chi connectivity index (χ2v) is 4.66. The van der Waals surface area contributed by atoms with Gasteiger partial charge in [0, 0.05) is 5.02 Å². The van der Waals surface area contributed by atoms with Gasteiger partial charge in [0.1, 0.15) is 5.75 Å². The summed E-state index contributed by atoms with van der Waals surface area (Å²) in [5.74, 6) is -1.72. The fourth-order valence-corrected chi connectivity index (χ4v) is 1.82. The molecule has 1 aromatic heterocycles. The number of aliphatic carboxylic acids is 1. The number of pyridine rings is 1. The van der Waals surface area contributed by atoms with E-state index < -0.39 is 11.9 Å². The molecule has 1 aromatic carbocycles. The van der Waals surface area contributed by atoms with Gasteiger partial charge in [-0.1, -0.05) is 11.6 Å². The summed E-state index contributed by atoms with van der Waals surface area (Å²) in [6, 6.07) is 7.20. The number of phenols is 1. The number of amides is 1. The number of aromatic nitrogens is 1. The largest absolute Gasteiger partial charge is 0.507 e. The summed E-state index contributed by atoms with van der Waals surface area (Å²) in [5, 5.41) is 21.2. The number of nitrogens with zero attached hydrogens (tertiary/aromatic N) is 1. The van der Waals surface area contributed by atoms with Crippen molar-refractivity contribution in [3.63, 3.8) is 0 Å². The highest BCUT2D eigenvalue weighted by atomic mass is 35.5. The SMILES string of the molecule is O=C(O)Cc1ccc(NC(=O)c2ccc(Cl)cc2O)cn1. The molecule has 108 valence electrons. The van der Waals surface area contributed by atoms with Gasteiger partial charge in [-0.2, -0.15) is 0 Å². The molecule has 2 rings (SSSR count). The number of nitrogens with one attached hydrogen (secondary N) is 1. The highest BCUT2D eigenvalue weighted by Gasteiger charge is 2.12. The Kier molecular flexibility index (Phi) is 4.39. The molecule has 0 aliphatic carbocycles. The topological polar surface area (TPSA) is 99.5 Å². The first-order valence-corrected chi connectivity index (χ1v) is 6.30. The molecular formula is C14H11ClN2O4. The van der Waals surface area contributed by atoms with Crippen LogP contribution in [0.1, 0.15) is 16.1 Å². The molecule has 0 radical (unpaired) electrons. The third-order valence-electron chi connectivity index (χ3n) is 2.62. The number of carboxylic acid groups (broad SMARTS) is 1. The van der Waals surface area contributed by atoms with Crippen LogP contribution >= 0.6 is 11.6 Å². The Morgan fingerprint density at radius 3 is 2.57 bits per heavy atom. The number of phenolic OH excluding ortho intramolecular Hbond substituents is 1. The molecule has 0 aliphatic rings.